The third-order valence-electron chi connectivity index (χ3n) is 7.22. The van der Waals surface area contributed by atoms with Gasteiger partial charge >= 0.3 is 0 Å². The molecule has 1 N–H and O–H groups in total. The Morgan fingerprint density at radius 3 is 2.37 bits per heavy atom. The predicted molar refractivity (Wildman–Crippen MR) is 112 cm³/mol. The standard InChI is InChI=1S/C24H29NO5/c1-15-23(17-8-7-16(26-3)11-19(17)27-4)18-12-21-22(29-14-28-21)13-20(18)30-24(15,2)25-9-5-6-10-25/h7-8,11-13,15,23H,5-6,9-10,14H2,1-4H3/p+1/t15-,23+,24+/m0/s1. The van der Waals surface area contributed by atoms with Crippen LogP contribution in [0.2, 0.25) is 0 Å². The Balaban J connectivity index is 1.68. The van der Waals surface area contributed by atoms with Crippen LogP contribution in [0.15, 0.2) is 30.3 Å². The molecule has 0 radical (unpaired) electrons. The van der Waals surface area contributed by atoms with Crippen LogP contribution < -0.4 is 28.6 Å². The summed E-state index contributed by atoms with van der Waals surface area (Å²) in [6.45, 7) is 7.07. The van der Waals surface area contributed by atoms with E-state index in [9.17, 15) is 0 Å². The molecule has 0 unspecified atom stereocenters. The molecule has 0 spiro atoms. The molecule has 6 nitrogen and oxygen atoms in total. The number of ether oxygens (including phenoxy) is 5. The van der Waals surface area contributed by atoms with Gasteiger partial charge in [0.2, 0.25) is 12.5 Å². The first-order chi connectivity index (χ1) is 14.5. The molecule has 3 atom stereocenters. The molecular weight excluding hydrogens is 382 g/mol. The molecule has 5 rings (SSSR count). The molecule has 3 aliphatic rings. The summed E-state index contributed by atoms with van der Waals surface area (Å²) in [6, 6.07) is 10.2. The molecule has 2 aromatic carbocycles. The van der Waals surface area contributed by atoms with Crippen molar-refractivity contribution in [1.82, 2.24) is 0 Å². The molecule has 6 heteroatoms. The van der Waals surface area contributed by atoms with Crippen molar-refractivity contribution in [1.29, 1.82) is 0 Å². The maximum Gasteiger partial charge on any atom is 0.242 e. The second kappa shape index (κ2) is 7.27. The molecule has 1 fully saturated rings. The van der Waals surface area contributed by atoms with Gasteiger partial charge in [0, 0.05) is 48.9 Å². The Bertz CT molecular complexity index is 955. The van der Waals surface area contributed by atoms with Gasteiger partial charge in [-0.2, -0.15) is 0 Å². The van der Waals surface area contributed by atoms with E-state index in [1.165, 1.54) is 17.7 Å². The zero-order valence-electron chi connectivity index (χ0n) is 18.1. The van der Waals surface area contributed by atoms with Crippen LogP contribution in [0.5, 0.6) is 28.7 Å². The number of benzene rings is 2. The van der Waals surface area contributed by atoms with Crippen LogP contribution in [0.4, 0.5) is 0 Å². The van der Waals surface area contributed by atoms with E-state index in [0.29, 0.717) is 0 Å². The third kappa shape index (κ3) is 2.88. The van der Waals surface area contributed by atoms with Crippen LogP contribution in [-0.2, 0) is 0 Å². The third-order valence-corrected chi connectivity index (χ3v) is 7.22. The normalized spacial score (nSPS) is 27.5. The fourth-order valence-electron chi connectivity index (χ4n) is 5.38. The SMILES string of the molecule is COc1ccc([C@@H]2c3cc4c(cc3O[C@@](C)([NH+]3CCCC3)[C@H]2C)OCO4)c(OC)c1. The highest BCUT2D eigenvalue weighted by atomic mass is 16.7. The second-order valence-electron chi connectivity index (χ2n) is 8.64. The van der Waals surface area contributed by atoms with Crippen LogP contribution >= 0.6 is 0 Å². The van der Waals surface area contributed by atoms with Crippen molar-refractivity contribution in [2.45, 2.75) is 38.3 Å². The van der Waals surface area contributed by atoms with Gasteiger partial charge in [-0.05, 0) is 12.1 Å². The molecule has 0 aliphatic carbocycles. The number of hydrogen-bond donors (Lipinski definition) is 1. The van der Waals surface area contributed by atoms with Gasteiger partial charge in [0.25, 0.3) is 0 Å². The Morgan fingerprint density at radius 1 is 0.933 bits per heavy atom. The van der Waals surface area contributed by atoms with Gasteiger partial charge in [-0.3, -0.25) is 4.90 Å². The second-order valence-corrected chi connectivity index (χ2v) is 8.64. The number of quaternary nitrogens is 1. The number of rotatable bonds is 4. The van der Waals surface area contributed by atoms with E-state index >= 15 is 0 Å². The van der Waals surface area contributed by atoms with Gasteiger partial charge < -0.3 is 23.7 Å². The molecule has 0 amide bonds. The van der Waals surface area contributed by atoms with E-state index in [0.717, 1.165) is 53.0 Å². The summed E-state index contributed by atoms with van der Waals surface area (Å²) < 4.78 is 29.4. The molecular formula is C24H30NO5+. The van der Waals surface area contributed by atoms with Crippen molar-refractivity contribution < 1.29 is 28.6 Å². The monoisotopic (exact) mass is 412 g/mol. The van der Waals surface area contributed by atoms with Crippen molar-refractivity contribution in [2.24, 2.45) is 5.92 Å². The van der Waals surface area contributed by atoms with Crippen molar-refractivity contribution in [3.05, 3.63) is 41.5 Å². The lowest BCUT2D eigenvalue weighted by molar-refractivity contribution is -0.967. The van der Waals surface area contributed by atoms with Crippen LogP contribution in [0.25, 0.3) is 0 Å². The van der Waals surface area contributed by atoms with E-state index in [-0.39, 0.29) is 24.4 Å². The highest BCUT2D eigenvalue weighted by molar-refractivity contribution is 5.58. The average molecular weight is 413 g/mol. The molecule has 3 aliphatic heterocycles. The highest BCUT2D eigenvalue weighted by Crippen LogP contribution is 2.52. The summed E-state index contributed by atoms with van der Waals surface area (Å²) in [6.07, 6.45) is 2.48. The zero-order chi connectivity index (χ0) is 20.9. The summed E-state index contributed by atoms with van der Waals surface area (Å²) in [5.41, 5.74) is 1.91. The molecule has 30 heavy (non-hydrogen) atoms. The van der Waals surface area contributed by atoms with Crippen LogP contribution in [0.1, 0.15) is 43.7 Å². The van der Waals surface area contributed by atoms with E-state index in [1.54, 1.807) is 14.2 Å². The number of nitrogens with one attached hydrogen (secondary N) is 1. The minimum Gasteiger partial charge on any atom is -0.497 e. The Hall–Kier alpha value is -2.60. The minimum atomic E-state index is -0.340. The van der Waals surface area contributed by atoms with E-state index < -0.39 is 0 Å². The fourth-order valence-corrected chi connectivity index (χ4v) is 5.38. The molecule has 0 bridgehead atoms. The van der Waals surface area contributed by atoms with E-state index in [2.05, 4.69) is 26.0 Å². The van der Waals surface area contributed by atoms with Crippen molar-refractivity contribution >= 4 is 0 Å². The minimum absolute atomic E-state index is 0.0993. The topological polar surface area (TPSA) is 50.6 Å². The molecule has 0 aromatic heterocycles. The maximum absolute atomic E-state index is 6.77. The first-order valence-corrected chi connectivity index (χ1v) is 10.7. The largest absolute Gasteiger partial charge is 0.497 e. The van der Waals surface area contributed by atoms with Gasteiger partial charge in [-0.1, -0.05) is 13.0 Å². The molecule has 1 saturated heterocycles. The smallest absolute Gasteiger partial charge is 0.242 e. The average Bonchev–Trinajstić information content (AvgIpc) is 3.45. The molecule has 0 saturated carbocycles. The van der Waals surface area contributed by atoms with E-state index in [1.807, 2.05) is 18.2 Å². The zero-order valence-corrected chi connectivity index (χ0v) is 18.1. The lowest BCUT2D eigenvalue weighted by atomic mass is 9.73. The first-order valence-electron chi connectivity index (χ1n) is 10.7. The lowest BCUT2D eigenvalue weighted by Crippen LogP contribution is -3.20. The number of methoxy groups -OCH3 is 2. The van der Waals surface area contributed by atoms with Crippen molar-refractivity contribution in [3.8, 4) is 28.7 Å². The molecule has 2 aromatic rings. The number of likely N-dealkylation sites (tertiary alicyclic amines) is 1. The van der Waals surface area contributed by atoms with Crippen LogP contribution in [-0.4, -0.2) is 39.8 Å². The quantitative estimate of drug-likeness (QED) is 0.837. The predicted octanol–water partition coefficient (Wildman–Crippen LogP) is 2.99. The molecule has 160 valence electrons. The summed E-state index contributed by atoms with van der Waals surface area (Å²) in [4.78, 5) is 1.51. The summed E-state index contributed by atoms with van der Waals surface area (Å²) >= 11 is 0. The Kier molecular flexibility index (Phi) is 4.69. The fraction of sp³-hybridized carbons (Fsp3) is 0.500. The van der Waals surface area contributed by atoms with Gasteiger partial charge in [-0.25, -0.2) is 0 Å². The van der Waals surface area contributed by atoms with Crippen molar-refractivity contribution in [3.63, 3.8) is 0 Å². The summed E-state index contributed by atoms with van der Waals surface area (Å²) in [7, 11) is 3.39. The van der Waals surface area contributed by atoms with Gasteiger partial charge in [0.1, 0.15) is 17.2 Å². The lowest BCUT2D eigenvalue weighted by Gasteiger charge is -2.47. The van der Waals surface area contributed by atoms with Gasteiger partial charge in [0.15, 0.2) is 11.5 Å². The Morgan fingerprint density at radius 2 is 1.67 bits per heavy atom. The van der Waals surface area contributed by atoms with Gasteiger partial charge in [-0.15, -0.1) is 0 Å². The van der Waals surface area contributed by atoms with Gasteiger partial charge in [0.05, 0.1) is 33.2 Å². The van der Waals surface area contributed by atoms with Crippen molar-refractivity contribution in [2.75, 3.05) is 34.1 Å². The summed E-state index contributed by atoms with van der Waals surface area (Å²) in [5, 5.41) is 0. The van der Waals surface area contributed by atoms with Crippen LogP contribution in [0.3, 0.4) is 0 Å². The highest BCUT2D eigenvalue weighted by Gasteiger charge is 2.53. The van der Waals surface area contributed by atoms with Crippen LogP contribution in [0, 0.1) is 5.92 Å². The summed E-state index contributed by atoms with van der Waals surface area (Å²) in [5.74, 6) is 4.34. The number of hydrogen-bond acceptors (Lipinski definition) is 5. The maximum atomic E-state index is 6.77. The number of fused-ring (bicyclic) bond motifs is 2. The molecule has 3 heterocycles. The Labute approximate surface area is 177 Å². The first kappa shape index (κ1) is 19.4. The van der Waals surface area contributed by atoms with E-state index in [4.69, 9.17) is 23.7 Å².